The third-order valence-electron chi connectivity index (χ3n) is 7.07. The highest BCUT2D eigenvalue weighted by Gasteiger charge is 2.35. The molecule has 238 valence electrons. The lowest BCUT2D eigenvalue weighted by atomic mass is 10.1. The summed E-state index contributed by atoms with van der Waals surface area (Å²) in [6, 6.07) is 16.6. The Kier molecular flexibility index (Phi) is 11.1. The first-order valence-corrected chi connectivity index (χ1v) is 16.0. The van der Waals surface area contributed by atoms with E-state index in [4.69, 9.17) is 9.47 Å². The predicted molar refractivity (Wildman–Crippen MR) is 174 cm³/mol. The minimum absolute atomic E-state index is 0.0651. The van der Waals surface area contributed by atoms with Crippen molar-refractivity contribution in [3.63, 3.8) is 0 Å². The van der Waals surface area contributed by atoms with Crippen LogP contribution in [0.1, 0.15) is 56.4 Å². The maximum Gasteiger partial charge on any atom is 0.264 e. The quantitative estimate of drug-likeness (QED) is 0.284. The number of nitrogens with one attached hydrogen (secondary N) is 1. The Balaban J connectivity index is 2.14. The number of rotatable bonds is 12. The molecule has 44 heavy (non-hydrogen) atoms. The summed E-state index contributed by atoms with van der Waals surface area (Å²) in [4.78, 5) is 29.3. The molecule has 0 aliphatic heterocycles. The second-order valence-corrected chi connectivity index (χ2v) is 13.9. The molecular weight excluding hydrogens is 578 g/mol. The van der Waals surface area contributed by atoms with Gasteiger partial charge in [0.25, 0.3) is 10.0 Å². The lowest BCUT2D eigenvalue weighted by Crippen LogP contribution is -2.55. The second kappa shape index (κ2) is 14.2. The van der Waals surface area contributed by atoms with E-state index in [9.17, 15) is 18.0 Å². The number of ether oxygens (including phenoxy) is 2. The summed E-state index contributed by atoms with van der Waals surface area (Å²) in [5, 5.41) is 2.99. The maximum atomic E-state index is 14.3. The molecule has 10 heteroatoms. The summed E-state index contributed by atoms with van der Waals surface area (Å²) >= 11 is 0. The van der Waals surface area contributed by atoms with E-state index in [1.807, 2.05) is 78.8 Å². The van der Waals surface area contributed by atoms with Gasteiger partial charge < -0.3 is 19.7 Å². The molecule has 9 nitrogen and oxygen atoms in total. The molecule has 0 unspecified atom stereocenters. The first kappa shape index (κ1) is 34.4. The van der Waals surface area contributed by atoms with Gasteiger partial charge in [-0.1, -0.05) is 42.8 Å². The Hall–Kier alpha value is -4.05. The van der Waals surface area contributed by atoms with E-state index >= 15 is 0 Å². The van der Waals surface area contributed by atoms with E-state index in [0.717, 1.165) is 26.6 Å². The van der Waals surface area contributed by atoms with Crippen LogP contribution in [0.15, 0.2) is 65.6 Å². The van der Waals surface area contributed by atoms with Crippen molar-refractivity contribution in [2.45, 2.75) is 77.9 Å². The zero-order valence-electron chi connectivity index (χ0n) is 27.2. The molecule has 0 bridgehead atoms. The lowest BCUT2D eigenvalue weighted by molar-refractivity contribution is -0.141. The number of methoxy groups -OCH3 is 2. The number of carbonyl (C=O) groups is 2. The van der Waals surface area contributed by atoms with Crippen LogP contribution in [0.4, 0.5) is 5.69 Å². The number of sulfonamides is 1. The molecule has 0 radical (unpaired) electrons. The Morgan fingerprint density at radius 2 is 1.43 bits per heavy atom. The summed E-state index contributed by atoms with van der Waals surface area (Å²) in [6.07, 6.45) is 0.339. The van der Waals surface area contributed by atoms with Gasteiger partial charge in [-0.05, 0) is 88.9 Å². The molecule has 0 fully saturated rings. The number of amides is 2. The van der Waals surface area contributed by atoms with Gasteiger partial charge in [0.2, 0.25) is 11.8 Å². The average Bonchev–Trinajstić information content (AvgIpc) is 2.94. The van der Waals surface area contributed by atoms with Crippen molar-refractivity contribution in [3.8, 4) is 11.5 Å². The predicted octanol–water partition coefficient (Wildman–Crippen LogP) is 5.55. The molecule has 2 amide bonds. The van der Waals surface area contributed by atoms with Gasteiger partial charge in [0, 0.05) is 18.2 Å². The van der Waals surface area contributed by atoms with Gasteiger partial charge in [0.05, 0.1) is 24.8 Å². The zero-order valence-corrected chi connectivity index (χ0v) is 28.0. The van der Waals surface area contributed by atoms with Crippen LogP contribution >= 0.6 is 0 Å². The van der Waals surface area contributed by atoms with Crippen LogP contribution < -0.4 is 19.1 Å². The van der Waals surface area contributed by atoms with Crippen LogP contribution in [0.2, 0.25) is 0 Å². The third-order valence-corrected chi connectivity index (χ3v) is 8.84. The maximum absolute atomic E-state index is 14.3. The van der Waals surface area contributed by atoms with Crippen LogP contribution in [-0.2, 0) is 26.2 Å². The SMILES string of the molecule is CC[C@H](C(=O)NC(C)(C)C)N(Cc1ccc(C)cc1)C(=O)CN(c1cc(C)cc(C)c1)S(=O)(=O)c1ccc(OC)c(OC)c1. The fourth-order valence-corrected chi connectivity index (χ4v) is 6.40. The zero-order chi connectivity index (χ0) is 32.8. The highest BCUT2D eigenvalue weighted by atomic mass is 32.2. The standard InChI is InChI=1S/C34H45N3O6S/c1-10-29(33(39)35-34(5,6)7)36(21-26-13-11-23(2)12-14-26)32(38)22-37(27-18-24(3)17-25(4)19-27)44(40,41)28-15-16-30(42-8)31(20-28)43-9/h11-20,29H,10,21-22H2,1-9H3,(H,35,39)/t29-/m1/s1. The number of aryl methyl sites for hydroxylation is 3. The molecule has 0 aliphatic rings. The van der Waals surface area contributed by atoms with Gasteiger partial charge in [0.1, 0.15) is 12.6 Å². The number of hydrogen-bond donors (Lipinski definition) is 1. The van der Waals surface area contributed by atoms with Gasteiger partial charge in [-0.15, -0.1) is 0 Å². The Bertz CT molecular complexity index is 1560. The monoisotopic (exact) mass is 623 g/mol. The van der Waals surface area contributed by atoms with Gasteiger partial charge >= 0.3 is 0 Å². The topological polar surface area (TPSA) is 105 Å². The van der Waals surface area contributed by atoms with Crippen molar-refractivity contribution < 1.29 is 27.5 Å². The van der Waals surface area contributed by atoms with Crippen molar-refractivity contribution in [1.29, 1.82) is 0 Å². The summed E-state index contributed by atoms with van der Waals surface area (Å²) < 4.78 is 40.4. The van der Waals surface area contributed by atoms with Gasteiger partial charge in [-0.2, -0.15) is 0 Å². The number of benzene rings is 3. The van der Waals surface area contributed by atoms with Crippen LogP contribution in [0, 0.1) is 20.8 Å². The van der Waals surface area contributed by atoms with E-state index in [-0.39, 0.29) is 23.1 Å². The summed E-state index contributed by atoms with van der Waals surface area (Å²) in [5.41, 5.74) is 3.39. The van der Waals surface area contributed by atoms with E-state index in [2.05, 4.69) is 5.32 Å². The molecule has 0 saturated carbocycles. The highest BCUT2D eigenvalue weighted by molar-refractivity contribution is 7.92. The second-order valence-electron chi connectivity index (χ2n) is 12.0. The van der Waals surface area contributed by atoms with E-state index in [0.29, 0.717) is 17.9 Å². The smallest absolute Gasteiger partial charge is 0.264 e. The molecule has 0 aromatic heterocycles. The Morgan fingerprint density at radius 1 is 0.841 bits per heavy atom. The van der Waals surface area contributed by atoms with Crippen molar-refractivity contribution in [2.75, 3.05) is 25.1 Å². The molecule has 3 rings (SSSR count). The number of anilines is 1. The van der Waals surface area contributed by atoms with E-state index < -0.39 is 34.1 Å². The number of carbonyl (C=O) groups excluding carboxylic acids is 2. The highest BCUT2D eigenvalue weighted by Crippen LogP contribution is 2.33. The average molecular weight is 624 g/mol. The molecule has 0 aliphatic carbocycles. The fourth-order valence-electron chi connectivity index (χ4n) is 4.99. The fraction of sp³-hybridized carbons (Fsp3) is 0.412. The molecular formula is C34H45N3O6S. The van der Waals surface area contributed by atoms with Gasteiger partial charge in [-0.3, -0.25) is 13.9 Å². The van der Waals surface area contributed by atoms with Gasteiger partial charge in [-0.25, -0.2) is 8.42 Å². The summed E-state index contributed by atoms with van der Waals surface area (Å²) in [7, 11) is -1.39. The van der Waals surface area contributed by atoms with Crippen molar-refractivity contribution in [1.82, 2.24) is 10.2 Å². The van der Waals surface area contributed by atoms with Crippen molar-refractivity contribution in [2.24, 2.45) is 0 Å². The minimum Gasteiger partial charge on any atom is -0.493 e. The largest absolute Gasteiger partial charge is 0.493 e. The molecule has 1 atom stereocenters. The Labute approximate surface area is 262 Å². The normalized spacial score (nSPS) is 12.3. The molecule has 0 heterocycles. The van der Waals surface area contributed by atoms with E-state index in [1.54, 1.807) is 12.1 Å². The first-order chi connectivity index (χ1) is 20.6. The van der Waals surface area contributed by atoms with Gasteiger partial charge in [0.15, 0.2) is 11.5 Å². The summed E-state index contributed by atoms with van der Waals surface area (Å²) in [5.74, 6) is -0.197. The third kappa shape index (κ3) is 8.53. The summed E-state index contributed by atoms with van der Waals surface area (Å²) in [6.45, 7) is 12.8. The Morgan fingerprint density at radius 3 is 1.95 bits per heavy atom. The number of nitrogens with zero attached hydrogens (tertiary/aromatic N) is 2. The van der Waals surface area contributed by atoms with Crippen molar-refractivity contribution in [3.05, 3.63) is 82.9 Å². The van der Waals surface area contributed by atoms with Crippen LogP contribution in [0.5, 0.6) is 11.5 Å². The van der Waals surface area contributed by atoms with E-state index in [1.165, 1.54) is 37.3 Å². The molecule has 0 spiro atoms. The molecule has 0 saturated heterocycles. The lowest BCUT2D eigenvalue weighted by Gasteiger charge is -2.35. The number of hydrogen-bond acceptors (Lipinski definition) is 6. The first-order valence-electron chi connectivity index (χ1n) is 14.6. The minimum atomic E-state index is -4.28. The van der Waals surface area contributed by atoms with Crippen LogP contribution in [0.3, 0.4) is 0 Å². The van der Waals surface area contributed by atoms with Crippen LogP contribution in [0.25, 0.3) is 0 Å². The van der Waals surface area contributed by atoms with Crippen LogP contribution in [-0.4, -0.2) is 57.5 Å². The van der Waals surface area contributed by atoms with Crippen molar-refractivity contribution >= 4 is 27.5 Å². The molecule has 1 N–H and O–H groups in total. The molecule has 3 aromatic rings. The molecule has 3 aromatic carbocycles.